The molecule has 132 valence electrons. The normalized spacial score (nSPS) is 25.5. The Kier molecular flexibility index (Phi) is 5.05. The summed E-state index contributed by atoms with van der Waals surface area (Å²) in [6.45, 7) is 1.47. The Bertz CT molecular complexity index is 701. The number of carbonyl (C=O) groups is 1. The van der Waals surface area contributed by atoms with Crippen LogP contribution in [0, 0.1) is 0 Å². The molecule has 0 radical (unpaired) electrons. The zero-order chi connectivity index (χ0) is 17.2. The third kappa shape index (κ3) is 4.05. The maximum Gasteiger partial charge on any atom is 0.254 e. The van der Waals surface area contributed by atoms with E-state index in [2.05, 4.69) is 10.3 Å². The van der Waals surface area contributed by atoms with Crippen molar-refractivity contribution in [2.75, 3.05) is 37.0 Å². The smallest absolute Gasteiger partial charge is 0.254 e. The highest BCUT2D eigenvalue weighted by Crippen LogP contribution is 2.19. The second-order valence-electron chi connectivity index (χ2n) is 6.42. The average Bonchev–Trinajstić information content (AvgIpc) is 3.21. The lowest BCUT2D eigenvalue weighted by Crippen LogP contribution is -2.37. The van der Waals surface area contributed by atoms with Crippen LogP contribution in [0.5, 0.6) is 0 Å². The molecule has 2 fully saturated rings. The summed E-state index contributed by atoms with van der Waals surface area (Å²) in [5, 5.41) is 3.20. The minimum Gasteiger partial charge on any atom is -0.376 e. The molecule has 24 heavy (non-hydrogen) atoms. The first-order chi connectivity index (χ1) is 11.4. The van der Waals surface area contributed by atoms with Gasteiger partial charge in [-0.3, -0.25) is 4.79 Å². The van der Waals surface area contributed by atoms with Gasteiger partial charge in [-0.15, -0.1) is 0 Å². The Labute approximate surface area is 142 Å². The van der Waals surface area contributed by atoms with Gasteiger partial charge in [0.05, 0.1) is 17.6 Å². The molecule has 0 aliphatic carbocycles. The number of anilines is 1. The van der Waals surface area contributed by atoms with E-state index in [-0.39, 0.29) is 29.6 Å². The molecule has 2 atom stereocenters. The predicted octanol–water partition coefficient (Wildman–Crippen LogP) is 0.932. The average molecular weight is 353 g/mol. The summed E-state index contributed by atoms with van der Waals surface area (Å²) in [7, 11) is -1.35. The number of ether oxygens (including phenoxy) is 1. The predicted molar refractivity (Wildman–Crippen MR) is 90.9 cm³/mol. The molecule has 7 nitrogen and oxygen atoms in total. The molecule has 8 heteroatoms. The first-order valence-electron chi connectivity index (χ1n) is 8.24. The van der Waals surface area contributed by atoms with Crippen molar-refractivity contribution in [2.24, 2.45) is 0 Å². The molecule has 0 aromatic carbocycles. The number of nitrogens with one attached hydrogen (secondary N) is 1. The number of amides is 1. The topological polar surface area (TPSA) is 88.6 Å². The number of hydrogen-bond donors (Lipinski definition) is 1. The molecule has 0 bridgehead atoms. The van der Waals surface area contributed by atoms with E-state index < -0.39 is 9.84 Å². The van der Waals surface area contributed by atoms with Gasteiger partial charge in [-0.2, -0.15) is 0 Å². The van der Waals surface area contributed by atoms with Gasteiger partial charge in [-0.05, 0) is 31.4 Å². The number of hydrogen-bond acceptors (Lipinski definition) is 6. The highest BCUT2D eigenvalue weighted by molar-refractivity contribution is 7.91. The Morgan fingerprint density at radius 1 is 1.46 bits per heavy atom. The van der Waals surface area contributed by atoms with Crippen molar-refractivity contribution in [2.45, 2.75) is 31.4 Å². The molecule has 2 unspecified atom stereocenters. The lowest BCUT2D eigenvalue weighted by molar-refractivity contribution is 0.0747. The van der Waals surface area contributed by atoms with Crippen LogP contribution < -0.4 is 5.32 Å². The van der Waals surface area contributed by atoms with E-state index in [1.807, 2.05) is 0 Å². The van der Waals surface area contributed by atoms with Crippen LogP contribution in [0.2, 0.25) is 0 Å². The van der Waals surface area contributed by atoms with Gasteiger partial charge in [0.1, 0.15) is 5.82 Å². The molecule has 2 aliphatic rings. The van der Waals surface area contributed by atoms with Crippen molar-refractivity contribution in [1.82, 2.24) is 9.88 Å². The molecule has 0 saturated carbocycles. The second kappa shape index (κ2) is 7.06. The van der Waals surface area contributed by atoms with Gasteiger partial charge in [0.25, 0.3) is 5.91 Å². The number of pyridine rings is 1. The van der Waals surface area contributed by atoms with Crippen LogP contribution in [-0.4, -0.2) is 68.1 Å². The summed E-state index contributed by atoms with van der Waals surface area (Å²) in [6.07, 6.45) is 4.39. The van der Waals surface area contributed by atoms with Crippen LogP contribution in [0.15, 0.2) is 18.3 Å². The standard InChI is InChI=1S/C16H23N3O4S/c1-19(13-5-8-24(21,22)11-13)16(20)12-4-6-17-15(9-12)18-10-14-3-2-7-23-14/h4,6,9,13-14H,2-3,5,7-8,10-11H2,1H3,(H,17,18). The Morgan fingerprint density at radius 2 is 2.29 bits per heavy atom. The van der Waals surface area contributed by atoms with Crippen molar-refractivity contribution >= 4 is 21.6 Å². The van der Waals surface area contributed by atoms with Crippen LogP contribution in [0.1, 0.15) is 29.6 Å². The van der Waals surface area contributed by atoms with E-state index in [4.69, 9.17) is 4.74 Å². The molecule has 0 spiro atoms. The van der Waals surface area contributed by atoms with Gasteiger partial charge in [0, 0.05) is 38.0 Å². The van der Waals surface area contributed by atoms with Crippen LogP contribution in [0.4, 0.5) is 5.82 Å². The van der Waals surface area contributed by atoms with E-state index in [0.717, 1.165) is 19.4 Å². The molecular weight excluding hydrogens is 330 g/mol. The zero-order valence-corrected chi connectivity index (χ0v) is 14.6. The van der Waals surface area contributed by atoms with E-state index >= 15 is 0 Å². The molecule has 1 amide bonds. The van der Waals surface area contributed by atoms with Crippen LogP contribution in [0.3, 0.4) is 0 Å². The van der Waals surface area contributed by atoms with Crippen molar-refractivity contribution in [3.8, 4) is 0 Å². The van der Waals surface area contributed by atoms with E-state index in [1.165, 1.54) is 4.90 Å². The van der Waals surface area contributed by atoms with Gasteiger partial charge < -0.3 is 15.0 Å². The fourth-order valence-electron chi connectivity index (χ4n) is 3.13. The Balaban J connectivity index is 1.63. The minimum absolute atomic E-state index is 0.0461. The summed E-state index contributed by atoms with van der Waals surface area (Å²) in [5.74, 6) is 0.646. The monoisotopic (exact) mass is 353 g/mol. The van der Waals surface area contributed by atoms with Crippen molar-refractivity contribution in [3.63, 3.8) is 0 Å². The van der Waals surface area contributed by atoms with Crippen LogP contribution in [0.25, 0.3) is 0 Å². The van der Waals surface area contributed by atoms with Crippen molar-refractivity contribution < 1.29 is 17.9 Å². The quantitative estimate of drug-likeness (QED) is 0.847. The summed E-state index contributed by atoms with van der Waals surface area (Å²) in [5.41, 5.74) is 0.506. The van der Waals surface area contributed by atoms with E-state index in [0.29, 0.717) is 24.3 Å². The van der Waals surface area contributed by atoms with Crippen molar-refractivity contribution in [1.29, 1.82) is 0 Å². The number of nitrogens with zero attached hydrogens (tertiary/aromatic N) is 2. The van der Waals surface area contributed by atoms with Gasteiger partial charge >= 0.3 is 0 Å². The molecule has 3 rings (SSSR count). The van der Waals surface area contributed by atoms with Gasteiger partial charge in [-0.1, -0.05) is 0 Å². The highest BCUT2D eigenvalue weighted by atomic mass is 32.2. The molecule has 3 heterocycles. The maximum absolute atomic E-state index is 12.6. The van der Waals surface area contributed by atoms with E-state index in [1.54, 1.807) is 25.4 Å². The van der Waals surface area contributed by atoms with Gasteiger partial charge in [-0.25, -0.2) is 13.4 Å². The maximum atomic E-state index is 12.6. The summed E-state index contributed by atoms with van der Waals surface area (Å²) in [6, 6.07) is 3.11. The molecular formula is C16H23N3O4S. The highest BCUT2D eigenvalue weighted by Gasteiger charge is 2.33. The SMILES string of the molecule is CN(C(=O)c1ccnc(NCC2CCCO2)c1)C1CCS(=O)(=O)C1. The molecule has 1 aromatic heterocycles. The van der Waals surface area contributed by atoms with Crippen LogP contribution >= 0.6 is 0 Å². The van der Waals surface area contributed by atoms with Crippen molar-refractivity contribution in [3.05, 3.63) is 23.9 Å². The van der Waals surface area contributed by atoms with Crippen LogP contribution in [-0.2, 0) is 14.6 Å². The zero-order valence-electron chi connectivity index (χ0n) is 13.8. The lowest BCUT2D eigenvalue weighted by Gasteiger charge is -2.23. The fraction of sp³-hybridized carbons (Fsp3) is 0.625. The van der Waals surface area contributed by atoms with E-state index in [9.17, 15) is 13.2 Å². The number of sulfone groups is 1. The number of aromatic nitrogens is 1. The fourth-order valence-corrected chi connectivity index (χ4v) is 4.91. The number of rotatable bonds is 5. The Hall–Kier alpha value is -1.67. The first kappa shape index (κ1) is 17.2. The second-order valence-corrected chi connectivity index (χ2v) is 8.65. The third-order valence-corrected chi connectivity index (χ3v) is 6.37. The molecule has 1 N–H and O–H groups in total. The third-order valence-electron chi connectivity index (χ3n) is 4.62. The summed E-state index contributed by atoms with van der Waals surface area (Å²) >= 11 is 0. The molecule has 2 saturated heterocycles. The van der Waals surface area contributed by atoms with Gasteiger partial charge in [0.15, 0.2) is 9.84 Å². The summed E-state index contributed by atoms with van der Waals surface area (Å²) < 4.78 is 28.8. The Morgan fingerprint density at radius 3 is 2.96 bits per heavy atom. The largest absolute Gasteiger partial charge is 0.376 e. The lowest BCUT2D eigenvalue weighted by atomic mass is 10.1. The molecule has 1 aromatic rings. The molecule has 2 aliphatic heterocycles. The summed E-state index contributed by atoms with van der Waals surface area (Å²) in [4.78, 5) is 18.4. The van der Waals surface area contributed by atoms with Gasteiger partial charge in [0.2, 0.25) is 0 Å². The first-order valence-corrected chi connectivity index (χ1v) is 10.1. The number of carbonyl (C=O) groups excluding carboxylic acids is 1. The minimum atomic E-state index is -3.01.